The highest BCUT2D eigenvalue weighted by Gasteiger charge is 2.25. The number of benzene rings is 2. The van der Waals surface area contributed by atoms with Crippen LogP contribution >= 0.6 is 0 Å². The van der Waals surface area contributed by atoms with E-state index in [1.54, 1.807) is 24.3 Å². The molecule has 3 rings (SSSR count). The fourth-order valence-corrected chi connectivity index (χ4v) is 2.58. The molecule has 0 saturated carbocycles. The standard InChI is InChI=1S/C16H16N2O3/c19-14-11-5-2-1-4-10(11)7-8-12(14)15(20)18-13-6-3-9-17-16(13)21/h1-2,4-5,7-8,13,19H,3,6,9H2,(H,17,21)(H,18,20). The molecule has 0 bridgehead atoms. The van der Waals surface area contributed by atoms with Crippen molar-refractivity contribution >= 4 is 22.6 Å². The van der Waals surface area contributed by atoms with Crippen LogP contribution in [0.25, 0.3) is 10.8 Å². The van der Waals surface area contributed by atoms with E-state index in [-0.39, 0.29) is 17.2 Å². The van der Waals surface area contributed by atoms with Crippen LogP contribution < -0.4 is 10.6 Å². The first-order valence-electron chi connectivity index (χ1n) is 6.96. The first kappa shape index (κ1) is 13.4. The molecular weight excluding hydrogens is 268 g/mol. The average Bonchev–Trinajstić information content (AvgIpc) is 2.50. The number of fused-ring (bicyclic) bond motifs is 1. The van der Waals surface area contributed by atoms with Gasteiger partial charge >= 0.3 is 0 Å². The van der Waals surface area contributed by atoms with Crippen LogP contribution in [0.2, 0.25) is 0 Å². The minimum Gasteiger partial charge on any atom is -0.506 e. The number of piperidine rings is 1. The quantitative estimate of drug-likeness (QED) is 0.783. The summed E-state index contributed by atoms with van der Waals surface area (Å²) in [6.07, 6.45) is 1.45. The second kappa shape index (κ2) is 5.44. The Bertz CT molecular complexity index is 712. The molecule has 2 aromatic rings. The van der Waals surface area contributed by atoms with Crippen molar-refractivity contribution in [3.63, 3.8) is 0 Å². The van der Waals surface area contributed by atoms with Crippen molar-refractivity contribution in [1.82, 2.24) is 10.6 Å². The molecule has 1 atom stereocenters. The number of nitrogens with one attached hydrogen (secondary N) is 2. The van der Waals surface area contributed by atoms with Gasteiger partial charge in [-0.15, -0.1) is 0 Å². The Balaban J connectivity index is 1.87. The van der Waals surface area contributed by atoms with Crippen molar-refractivity contribution in [2.75, 3.05) is 6.54 Å². The molecule has 0 aliphatic carbocycles. The Labute approximate surface area is 122 Å². The van der Waals surface area contributed by atoms with Crippen LogP contribution in [-0.4, -0.2) is 29.5 Å². The van der Waals surface area contributed by atoms with E-state index >= 15 is 0 Å². The molecule has 0 aromatic heterocycles. The van der Waals surface area contributed by atoms with E-state index in [0.29, 0.717) is 18.4 Å². The van der Waals surface area contributed by atoms with Gasteiger partial charge < -0.3 is 15.7 Å². The lowest BCUT2D eigenvalue weighted by Gasteiger charge is -2.23. The lowest BCUT2D eigenvalue weighted by atomic mass is 10.0. The molecule has 21 heavy (non-hydrogen) atoms. The highest BCUT2D eigenvalue weighted by Crippen LogP contribution is 2.28. The molecule has 0 radical (unpaired) electrons. The second-order valence-electron chi connectivity index (χ2n) is 5.14. The smallest absolute Gasteiger partial charge is 0.255 e. The zero-order valence-corrected chi connectivity index (χ0v) is 11.4. The summed E-state index contributed by atoms with van der Waals surface area (Å²) >= 11 is 0. The molecule has 1 saturated heterocycles. The lowest BCUT2D eigenvalue weighted by Crippen LogP contribution is -2.50. The third kappa shape index (κ3) is 2.54. The molecule has 5 nitrogen and oxygen atoms in total. The van der Waals surface area contributed by atoms with Crippen molar-refractivity contribution in [2.24, 2.45) is 0 Å². The van der Waals surface area contributed by atoms with E-state index in [4.69, 9.17) is 0 Å². The first-order valence-corrected chi connectivity index (χ1v) is 6.96. The van der Waals surface area contributed by atoms with Gasteiger partial charge in [0, 0.05) is 11.9 Å². The van der Waals surface area contributed by atoms with Crippen LogP contribution in [0.15, 0.2) is 36.4 Å². The van der Waals surface area contributed by atoms with Crippen LogP contribution in [-0.2, 0) is 4.79 Å². The van der Waals surface area contributed by atoms with Gasteiger partial charge in [-0.1, -0.05) is 30.3 Å². The fourth-order valence-electron chi connectivity index (χ4n) is 2.58. The van der Waals surface area contributed by atoms with Gasteiger partial charge in [0.2, 0.25) is 5.91 Å². The minimum absolute atomic E-state index is 0.0539. The summed E-state index contributed by atoms with van der Waals surface area (Å²) in [4.78, 5) is 23.9. The van der Waals surface area contributed by atoms with Gasteiger partial charge in [0.05, 0.1) is 5.56 Å². The molecular formula is C16H16N2O3. The van der Waals surface area contributed by atoms with Crippen molar-refractivity contribution < 1.29 is 14.7 Å². The van der Waals surface area contributed by atoms with E-state index in [9.17, 15) is 14.7 Å². The molecule has 1 aliphatic heterocycles. The fraction of sp³-hybridized carbons (Fsp3) is 0.250. The molecule has 1 unspecified atom stereocenters. The summed E-state index contributed by atoms with van der Waals surface area (Å²) < 4.78 is 0. The highest BCUT2D eigenvalue weighted by atomic mass is 16.3. The van der Waals surface area contributed by atoms with Gasteiger partial charge in [0.25, 0.3) is 5.91 Å². The zero-order chi connectivity index (χ0) is 14.8. The van der Waals surface area contributed by atoms with Gasteiger partial charge in [-0.05, 0) is 24.3 Å². The number of aromatic hydroxyl groups is 1. The number of carbonyl (C=O) groups is 2. The summed E-state index contributed by atoms with van der Waals surface area (Å²) in [5.41, 5.74) is 0.187. The van der Waals surface area contributed by atoms with Crippen LogP contribution in [0, 0.1) is 0 Å². The van der Waals surface area contributed by atoms with Gasteiger partial charge in [-0.2, -0.15) is 0 Å². The number of amides is 2. The minimum atomic E-state index is -0.530. The van der Waals surface area contributed by atoms with E-state index in [1.165, 1.54) is 0 Å². The lowest BCUT2D eigenvalue weighted by molar-refractivity contribution is -0.124. The highest BCUT2D eigenvalue weighted by molar-refractivity contribution is 6.04. The van der Waals surface area contributed by atoms with Crippen LogP contribution in [0.4, 0.5) is 0 Å². The van der Waals surface area contributed by atoms with Gasteiger partial charge in [-0.3, -0.25) is 9.59 Å². The molecule has 108 valence electrons. The first-order chi connectivity index (χ1) is 10.2. The molecule has 1 fully saturated rings. The number of carbonyl (C=O) groups excluding carboxylic acids is 2. The number of phenolic OH excluding ortho intramolecular Hbond substituents is 1. The number of rotatable bonds is 2. The van der Waals surface area contributed by atoms with Crippen LogP contribution in [0.1, 0.15) is 23.2 Å². The number of phenols is 1. The van der Waals surface area contributed by atoms with Crippen LogP contribution in [0.5, 0.6) is 5.75 Å². The molecule has 3 N–H and O–H groups in total. The topological polar surface area (TPSA) is 78.4 Å². The third-order valence-corrected chi connectivity index (χ3v) is 3.74. The Kier molecular flexibility index (Phi) is 3.48. The Hall–Kier alpha value is -2.56. The molecule has 1 heterocycles. The molecule has 1 aliphatic rings. The average molecular weight is 284 g/mol. The van der Waals surface area contributed by atoms with Crippen molar-refractivity contribution in [2.45, 2.75) is 18.9 Å². The monoisotopic (exact) mass is 284 g/mol. The maximum atomic E-state index is 12.3. The van der Waals surface area contributed by atoms with Gasteiger partial charge in [0.1, 0.15) is 11.8 Å². The second-order valence-corrected chi connectivity index (χ2v) is 5.14. The SMILES string of the molecule is O=C(NC1CCCNC1=O)c1ccc2ccccc2c1O. The third-order valence-electron chi connectivity index (χ3n) is 3.74. The predicted molar refractivity (Wildman–Crippen MR) is 79.1 cm³/mol. The summed E-state index contributed by atoms with van der Waals surface area (Å²) in [7, 11) is 0. The van der Waals surface area contributed by atoms with E-state index in [1.807, 2.05) is 12.1 Å². The molecule has 0 spiro atoms. The molecule has 2 amide bonds. The van der Waals surface area contributed by atoms with E-state index in [2.05, 4.69) is 10.6 Å². The van der Waals surface area contributed by atoms with E-state index < -0.39 is 11.9 Å². The Morgan fingerprint density at radius 3 is 2.86 bits per heavy atom. The Morgan fingerprint density at radius 1 is 1.24 bits per heavy atom. The predicted octanol–water partition coefficient (Wildman–Crippen LogP) is 1.55. The Morgan fingerprint density at radius 2 is 2.05 bits per heavy atom. The number of hydrogen-bond acceptors (Lipinski definition) is 3. The normalized spacial score (nSPS) is 18.3. The molecule has 5 heteroatoms. The van der Waals surface area contributed by atoms with E-state index in [0.717, 1.165) is 11.8 Å². The van der Waals surface area contributed by atoms with Crippen molar-refractivity contribution in [1.29, 1.82) is 0 Å². The van der Waals surface area contributed by atoms with Crippen molar-refractivity contribution in [3.05, 3.63) is 42.0 Å². The molecule has 2 aromatic carbocycles. The van der Waals surface area contributed by atoms with Crippen LogP contribution in [0.3, 0.4) is 0 Å². The summed E-state index contributed by atoms with van der Waals surface area (Å²) in [5.74, 6) is -0.656. The van der Waals surface area contributed by atoms with Gasteiger partial charge in [0.15, 0.2) is 0 Å². The zero-order valence-electron chi connectivity index (χ0n) is 11.4. The maximum absolute atomic E-state index is 12.3. The summed E-state index contributed by atoms with van der Waals surface area (Å²) in [6, 6.07) is 10.1. The largest absolute Gasteiger partial charge is 0.506 e. The maximum Gasteiger partial charge on any atom is 0.255 e. The van der Waals surface area contributed by atoms with Gasteiger partial charge in [-0.25, -0.2) is 0 Å². The summed E-state index contributed by atoms with van der Waals surface area (Å²) in [6.45, 7) is 0.645. The summed E-state index contributed by atoms with van der Waals surface area (Å²) in [5, 5.41) is 17.1. The number of hydrogen-bond donors (Lipinski definition) is 3. The van der Waals surface area contributed by atoms with Crippen molar-refractivity contribution in [3.8, 4) is 5.75 Å².